The molecule has 2 heterocycles. The number of nitrogen functional groups attached to an aromatic ring is 1. The summed E-state index contributed by atoms with van der Waals surface area (Å²) in [4.78, 5) is 14.5. The van der Waals surface area contributed by atoms with Crippen molar-refractivity contribution in [3.8, 4) is 0 Å². The van der Waals surface area contributed by atoms with E-state index in [0.717, 1.165) is 19.3 Å². The van der Waals surface area contributed by atoms with E-state index in [1.54, 1.807) is 10.9 Å². The second-order valence-corrected chi connectivity index (χ2v) is 5.19. The first-order valence-corrected chi connectivity index (χ1v) is 6.96. The van der Waals surface area contributed by atoms with Gasteiger partial charge in [-0.05, 0) is 26.2 Å². The quantitative estimate of drug-likeness (QED) is 0.860. The first-order chi connectivity index (χ1) is 9.20. The Kier molecular flexibility index (Phi) is 3.18. The van der Waals surface area contributed by atoms with E-state index in [-0.39, 0.29) is 18.1 Å². The third-order valence-corrected chi connectivity index (χ3v) is 4.06. The number of aryl methyl sites for hydroxylation is 1. The molecule has 1 aromatic heterocycles. The molecule has 0 aromatic carbocycles. The highest BCUT2D eigenvalue weighted by Crippen LogP contribution is 2.31. The molecule has 2 atom stereocenters. The number of anilines is 1. The fourth-order valence-electron chi connectivity index (χ4n) is 3.08. The molecule has 6 nitrogen and oxygen atoms in total. The lowest BCUT2D eigenvalue weighted by Gasteiger charge is -2.37. The van der Waals surface area contributed by atoms with Crippen LogP contribution >= 0.6 is 0 Å². The number of carbonyl (C=O) groups excluding carboxylic acids is 1. The van der Waals surface area contributed by atoms with Gasteiger partial charge >= 0.3 is 0 Å². The number of aromatic nitrogens is 2. The van der Waals surface area contributed by atoms with E-state index in [4.69, 9.17) is 10.5 Å². The van der Waals surface area contributed by atoms with Crippen molar-refractivity contribution < 1.29 is 9.53 Å². The lowest BCUT2D eigenvalue weighted by Crippen LogP contribution is -2.51. The SMILES string of the molecule is CCn1cc(N)c(C(=O)N2CCOC3CCCC32)n1. The monoisotopic (exact) mass is 264 g/mol. The fraction of sp³-hybridized carbons (Fsp3) is 0.692. The van der Waals surface area contributed by atoms with Gasteiger partial charge in [0.25, 0.3) is 5.91 Å². The number of morpholine rings is 1. The van der Waals surface area contributed by atoms with Gasteiger partial charge in [0.2, 0.25) is 0 Å². The van der Waals surface area contributed by atoms with Crippen molar-refractivity contribution in [2.75, 3.05) is 18.9 Å². The summed E-state index contributed by atoms with van der Waals surface area (Å²) in [6.45, 7) is 3.94. The van der Waals surface area contributed by atoms with E-state index in [1.807, 2.05) is 11.8 Å². The number of amides is 1. The molecule has 1 saturated carbocycles. The number of fused-ring (bicyclic) bond motifs is 1. The van der Waals surface area contributed by atoms with Crippen LogP contribution in [0.1, 0.15) is 36.7 Å². The summed E-state index contributed by atoms with van der Waals surface area (Å²) >= 11 is 0. The fourth-order valence-corrected chi connectivity index (χ4v) is 3.08. The number of rotatable bonds is 2. The zero-order valence-electron chi connectivity index (χ0n) is 11.2. The average molecular weight is 264 g/mol. The Hall–Kier alpha value is -1.56. The number of nitrogens with two attached hydrogens (primary N) is 1. The number of ether oxygens (including phenoxy) is 1. The maximum absolute atomic E-state index is 12.6. The molecule has 0 radical (unpaired) electrons. The van der Waals surface area contributed by atoms with Crippen LogP contribution in [0.25, 0.3) is 0 Å². The lowest BCUT2D eigenvalue weighted by molar-refractivity contribution is -0.0447. The molecule has 0 bridgehead atoms. The molecule has 2 unspecified atom stereocenters. The normalized spacial score (nSPS) is 26.5. The number of carbonyl (C=O) groups is 1. The number of hydrogen-bond acceptors (Lipinski definition) is 4. The number of hydrogen-bond donors (Lipinski definition) is 1. The van der Waals surface area contributed by atoms with Crippen molar-refractivity contribution in [3.63, 3.8) is 0 Å². The van der Waals surface area contributed by atoms with Gasteiger partial charge in [0.05, 0.1) is 24.4 Å². The zero-order chi connectivity index (χ0) is 13.4. The average Bonchev–Trinajstić information content (AvgIpc) is 3.03. The van der Waals surface area contributed by atoms with Gasteiger partial charge in [0.1, 0.15) is 0 Å². The molecule has 2 fully saturated rings. The van der Waals surface area contributed by atoms with E-state index < -0.39 is 0 Å². The van der Waals surface area contributed by atoms with Crippen LogP contribution in [0.4, 0.5) is 5.69 Å². The Morgan fingerprint density at radius 3 is 3.16 bits per heavy atom. The lowest BCUT2D eigenvalue weighted by atomic mass is 10.1. The van der Waals surface area contributed by atoms with Gasteiger partial charge in [-0.3, -0.25) is 9.48 Å². The van der Waals surface area contributed by atoms with Gasteiger partial charge in [0.15, 0.2) is 5.69 Å². The van der Waals surface area contributed by atoms with Crippen molar-refractivity contribution in [2.24, 2.45) is 0 Å². The van der Waals surface area contributed by atoms with Crippen molar-refractivity contribution in [1.82, 2.24) is 14.7 Å². The van der Waals surface area contributed by atoms with E-state index in [0.29, 0.717) is 31.1 Å². The molecule has 6 heteroatoms. The molecule has 2 aliphatic rings. The molecule has 1 saturated heterocycles. The van der Waals surface area contributed by atoms with E-state index in [2.05, 4.69) is 5.10 Å². The Morgan fingerprint density at radius 1 is 1.58 bits per heavy atom. The van der Waals surface area contributed by atoms with E-state index in [9.17, 15) is 4.79 Å². The maximum Gasteiger partial charge on any atom is 0.276 e. The highest BCUT2D eigenvalue weighted by atomic mass is 16.5. The minimum Gasteiger partial charge on any atom is -0.396 e. The zero-order valence-corrected chi connectivity index (χ0v) is 11.2. The molecular weight excluding hydrogens is 244 g/mol. The Balaban J connectivity index is 1.84. The standard InChI is InChI=1S/C13H20N4O2/c1-2-16-8-9(14)12(15-16)13(18)17-6-7-19-11-5-3-4-10(11)17/h8,10-11H,2-7,14H2,1H3. The summed E-state index contributed by atoms with van der Waals surface area (Å²) in [6.07, 6.45) is 5.11. The maximum atomic E-state index is 12.6. The third kappa shape index (κ3) is 2.10. The van der Waals surface area contributed by atoms with Crippen LogP contribution in [0.2, 0.25) is 0 Å². The molecule has 1 aliphatic carbocycles. The predicted molar refractivity (Wildman–Crippen MR) is 70.7 cm³/mol. The van der Waals surface area contributed by atoms with Crippen molar-refractivity contribution >= 4 is 11.6 Å². The van der Waals surface area contributed by atoms with Gasteiger partial charge in [-0.15, -0.1) is 0 Å². The van der Waals surface area contributed by atoms with E-state index in [1.165, 1.54) is 0 Å². The second kappa shape index (κ2) is 4.85. The Morgan fingerprint density at radius 2 is 2.42 bits per heavy atom. The molecule has 1 amide bonds. The summed E-state index contributed by atoms with van der Waals surface area (Å²) < 4.78 is 7.43. The first kappa shape index (κ1) is 12.5. The van der Waals surface area contributed by atoms with Crippen LogP contribution in [0.3, 0.4) is 0 Å². The summed E-state index contributed by atoms with van der Waals surface area (Å²) in [6, 6.07) is 0.201. The van der Waals surface area contributed by atoms with E-state index >= 15 is 0 Å². The van der Waals surface area contributed by atoms with Crippen LogP contribution in [-0.4, -0.2) is 45.9 Å². The molecular formula is C13H20N4O2. The van der Waals surface area contributed by atoms with Crippen LogP contribution in [0, 0.1) is 0 Å². The Bertz CT molecular complexity index is 485. The molecule has 0 spiro atoms. The molecule has 19 heavy (non-hydrogen) atoms. The van der Waals surface area contributed by atoms with Crippen molar-refractivity contribution in [2.45, 2.75) is 44.9 Å². The topological polar surface area (TPSA) is 73.4 Å². The first-order valence-electron chi connectivity index (χ1n) is 6.96. The molecule has 2 N–H and O–H groups in total. The van der Waals surface area contributed by atoms with Crippen molar-refractivity contribution in [1.29, 1.82) is 0 Å². The smallest absolute Gasteiger partial charge is 0.276 e. The van der Waals surface area contributed by atoms with Gasteiger partial charge in [0, 0.05) is 19.3 Å². The van der Waals surface area contributed by atoms with Crippen LogP contribution < -0.4 is 5.73 Å². The predicted octanol–water partition coefficient (Wildman–Crippen LogP) is 0.879. The highest BCUT2D eigenvalue weighted by molar-refractivity contribution is 5.97. The molecule has 1 aromatic rings. The third-order valence-electron chi connectivity index (χ3n) is 4.06. The van der Waals surface area contributed by atoms with Gasteiger partial charge < -0.3 is 15.4 Å². The summed E-state index contributed by atoms with van der Waals surface area (Å²) in [5.41, 5.74) is 6.75. The van der Waals surface area contributed by atoms with Gasteiger partial charge in [-0.25, -0.2) is 0 Å². The second-order valence-electron chi connectivity index (χ2n) is 5.19. The minimum atomic E-state index is -0.0510. The molecule has 104 valence electrons. The summed E-state index contributed by atoms with van der Waals surface area (Å²) in [5.74, 6) is -0.0510. The largest absolute Gasteiger partial charge is 0.396 e. The van der Waals surface area contributed by atoms with Crippen molar-refractivity contribution in [3.05, 3.63) is 11.9 Å². The Labute approximate surface area is 112 Å². The molecule has 1 aliphatic heterocycles. The minimum absolute atomic E-state index is 0.0510. The van der Waals surface area contributed by atoms with Crippen LogP contribution in [-0.2, 0) is 11.3 Å². The number of nitrogens with zero attached hydrogens (tertiary/aromatic N) is 3. The summed E-state index contributed by atoms with van der Waals surface area (Å²) in [7, 11) is 0. The summed E-state index contributed by atoms with van der Waals surface area (Å²) in [5, 5.41) is 4.28. The van der Waals surface area contributed by atoms with Gasteiger partial charge in [-0.1, -0.05) is 0 Å². The van der Waals surface area contributed by atoms with Crippen LogP contribution in [0.5, 0.6) is 0 Å². The highest BCUT2D eigenvalue weighted by Gasteiger charge is 2.39. The molecule has 3 rings (SSSR count). The van der Waals surface area contributed by atoms with Gasteiger partial charge in [-0.2, -0.15) is 5.10 Å². The van der Waals surface area contributed by atoms with Crippen LogP contribution in [0.15, 0.2) is 6.20 Å².